The lowest BCUT2D eigenvalue weighted by Crippen LogP contribution is -2.61. The molecule has 2 aliphatic heterocycles. The van der Waals surface area contributed by atoms with Gasteiger partial charge < -0.3 is 14.7 Å². The molecule has 1 aromatic rings. The molecule has 1 N–H and O–H groups in total. The van der Waals surface area contributed by atoms with E-state index in [2.05, 4.69) is 29.2 Å². The normalized spacial score (nSPS) is 26.7. The van der Waals surface area contributed by atoms with Crippen molar-refractivity contribution in [2.45, 2.75) is 70.3 Å². The van der Waals surface area contributed by atoms with Crippen LogP contribution in [0.1, 0.15) is 45.6 Å². The standard InChI is InChI=1S/C20H30N2O3/c1-20(2,3)25-19(24)22-14-16-9-10-17(18(22)11-12-23)21(16)13-15-7-5-4-6-8-15/h4-8,16-18,23H,9-14H2,1-3H3/t16-,17+,18?/m1/s1. The van der Waals surface area contributed by atoms with E-state index in [1.807, 2.05) is 31.7 Å². The molecule has 3 atom stereocenters. The van der Waals surface area contributed by atoms with Crippen molar-refractivity contribution in [3.63, 3.8) is 0 Å². The van der Waals surface area contributed by atoms with Gasteiger partial charge in [-0.1, -0.05) is 30.3 Å². The van der Waals surface area contributed by atoms with Crippen LogP contribution >= 0.6 is 0 Å². The molecule has 3 rings (SSSR count). The molecule has 2 fully saturated rings. The van der Waals surface area contributed by atoms with Crippen molar-refractivity contribution in [2.75, 3.05) is 13.2 Å². The van der Waals surface area contributed by atoms with Crippen molar-refractivity contribution in [2.24, 2.45) is 0 Å². The number of benzene rings is 1. The monoisotopic (exact) mass is 346 g/mol. The third-order valence-corrected chi connectivity index (χ3v) is 5.20. The summed E-state index contributed by atoms with van der Waals surface area (Å²) in [6.45, 7) is 7.36. The number of nitrogens with zero attached hydrogens (tertiary/aromatic N) is 2. The fourth-order valence-electron chi connectivity index (χ4n) is 4.20. The molecule has 2 saturated heterocycles. The molecule has 2 aliphatic rings. The van der Waals surface area contributed by atoms with E-state index in [9.17, 15) is 9.90 Å². The molecule has 0 radical (unpaired) electrons. The van der Waals surface area contributed by atoms with Gasteiger partial charge in [-0.2, -0.15) is 0 Å². The molecular weight excluding hydrogens is 316 g/mol. The van der Waals surface area contributed by atoms with E-state index < -0.39 is 5.60 Å². The first-order valence-corrected chi connectivity index (χ1v) is 9.29. The number of carbonyl (C=O) groups is 1. The molecule has 0 aliphatic carbocycles. The minimum atomic E-state index is -0.499. The second kappa shape index (κ2) is 7.34. The van der Waals surface area contributed by atoms with E-state index >= 15 is 0 Å². The number of rotatable bonds is 4. The van der Waals surface area contributed by atoms with Crippen LogP contribution in [-0.4, -0.2) is 57.9 Å². The molecule has 1 unspecified atom stereocenters. The molecule has 25 heavy (non-hydrogen) atoms. The van der Waals surface area contributed by atoms with Gasteiger partial charge in [-0.25, -0.2) is 4.79 Å². The Morgan fingerprint density at radius 2 is 1.96 bits per heavy atom. The highest BCUT2D eigenvalue weighted by atomic mass is 16.6. The van der Waals surface area contributed by atoms with Crippen LogP contribution < -0.4 is 0 Å². The van der Waals surface area contributed by atoms with Crippen LogP contribution in [0.5, 0.6) is 0 Å². The van der Waals surface area contributed by atoms with E-state index in [4.69, 9.17) is 4.74 Å². The zero-order valence-electron chi connectivity index (χ0n) is 15.5. The van der Waals surface area contributed by atoms with Gasteiger partial charge in [-0.05, 0) is 45.6 Å². The summed E-state index contributed by atoms with van der Waals surface area (Å²) in [6.07, 6.45) is 2.52. The molecule has 0 spiro atoms. The minimum absolute atomic E-state index is 0.0160. The molecule has 1 amide bonds. The van der Waals surface area contributed by atoms with Crippen LogP contribution in [0.4, 0.5) is 4.79 Å². The molecular formula is C20H30N2O3. The summed E-state index contributed by atoms with van der Waals surface area (Å²) < 4.78 is 5.62. The van der Waals surface area contributed by atoms with Crippen LogP contribution in [0, 0.1) is 0 Å². The lowest BCUT2D eigenvalue weighted by molar-refractivity contribution is -0.0286. The zero-order chi connectivity index (χ0) is 18.0. The molecule has 2 bridgehead atoms. The Labute approximate surface area is 150 Å². The summed E-state index contributed by atoms with van der Waals surface area (Å²) >= 11 is 0. The number of likely N-dealkylation sites (tertiary alicyclic amines) is 1. The second-order valence-corrected chi connectivity index (χ2v) is 8.17. The smallest absolute Gasteiger partial charge is 0.410 e. The maximum absolute atomic E-state index is 12.7. The van der Waals surface area contributed by atoms with E-state index in [1.54, 1.807) is 0 Å². The first kappa shape index (κ1) is 18.2. The van der Waals surface area contributed by atoms with E-state index in [0.29, 0.717) is 25.0 Å². The maximum atomic E-state index is 12.7. The third kappa shape index (κ3) is 4.15. The summed E-state index contributed by atoms with van der Waals surface area (Å²) in [4.78, 5) is 17.1. The Balaban J connectivity index is 1.77. The minimum Gasteiger partial charge on any atom is -0.444 e. The predicted molar refractivity (Wildman–Crippen MR) is 97.2 cm³/mol. The van der Waals surface area contributed by atoms with E-state index in [-0.39, 0.29) is 18.7 Å². The number of aliphatic hydroxyl groups excluding tert-OH is 1. The number of hydrogen-bond acceptors (Lipinski definition) is 4. The van der Waals surface area contributed by atoms with Gasteiger partial charge in [0.1, 0.15) is 5.60 Å². The lowest BCUT2D eigenvalue weighted by atomic mass is 9.99. The van der Waals surface area contributed by atoms with Gasteiger partial charge in [-0.15, -0.1) is 0 Å². The number of fused-ring (bicyclic) bond motifs is 2. The predicted octanol–water partition coefficient (Wildman–Crippen LogP) is 3.02. The van der Waals surface area contributed by atoms with Crippen molar-refractivity contribution in [3.05, 3.63) is 35.9 Å². The molecule has 5 heteroatoms. The van der Waals surface area contributed by atoms with Crippen molar-refractivity contribution in [1.29, 1.82) is 0 Å². The molecule has 2 heterocycles. The number of aliphatic hydroxyl groups is 1. The zero-order valence-corrected chi connectivity index (χ0v) is 15.5. The van der Waals surface area contributed by atoms with E-state index in [1.165, 1.54) is 5.56 Å². The molecule has 138 valence electrons. The van der Waals surface area contributed by atoms with Crippen molar-refractivity contribution in [1.82, 2.24) is 9.80 Å². The van der Waals surface area contributed by atoms with Crippen LogP contribution in [0.2, 0.25) is 0 Å². The average molecular weight is 346 g/mol. The van der Waals surface area contributed by atoms with Gasteiger partial charge in [0, 0.05) is 31.8 Å². The van der Waals surface area contributed by atoms with Gasteiger partial charge >= 0.3 is 6.09 Å². The SMILES string of the molecule is CC(C)(C)OC(=O)N1C[C@H]2CC[C@@H](C1CCO)N2Cc1ccccc1. The molecule has 1 aromatic carbocycles. The number of ether oxygens (including phenoxy) is 1. The Hall–Kier alpha value is -1.59. The van der Waals surface area contributed by atoms with Gasteiger partial charge in [-0.3, -0.25) is 4.90 Å². The van der Waals surface area contributed by atoms with Gasteiger partial charge in [0.25, 0.3) is 0 Å². The Bertz CT molecular complexity index is 584. The van der Waals surface area contributed by atoms with Crippen LogP contribution in [-0.2, 0) is 11.3 Å². The van der Waals surface area contributed by atoms with Gasteiger partial charge in [0.2, 0.25) is 0 Å². The number of carbonyl (C=O) groups excluding carboxylic acids is 1. The summed E-state index contributed by atoms with van der Waals surface area (Å²) in [7, 11) is 0. The topological polar surface area (TPSA) is 53.0 Å². The maximum Gasteiger partial charge on any atom is 0.410 e. The van der Waals surface area contributed by atoms with Gasteiger partial charge in [0.05, 0.1) is 6.04 Å². The van der Waals surface area contributed by atoms with Crippen LogP contribution in [0.3, 0.4) is 0 Å². The third-order valence-electron chi connectivity index (χ3n) is 5.20. The Morgan fingerprint density at radius 3 is 2.60 bits per heavy atom. The number of hydrogen-bond donors (Lipinski definition) is 1. The quantitative estimate of drug-likeness (QED) is 0.910. The van der Waals surface area contributed by atoms with Gasteiger partial charge in [0.15, 0.2) is 0 Å². The Morgan fingerprint density at radius 1 is 1.24 bits per heavy atom. The highest BCUT2D eigenvalue weighted by Gasteiger charge is 2.48. The fourth-order valence-corrected chi connectivity index (χ4v) is 4.20. The highest BCUT2D eigenvalue weighted by Crippen LogP contribution is 2.37. The van der Waals surface area contributed by atoms with Crippen molar-refractivity contribution >= 4 is 6.09 Å². The summed E-state index contributed by atoms with van der Waals surface area (Å²) in [5.74, 6) is 0. The van der Waals surface area contributed by atoms with Crippen LogP contribution in [0.15, 0.2) is 30.3 Å². The largest absolute Gasteiger partial charge is 0.444 e. The molecule has 0 saturated carbocycles. The Kier molecular flexibility index (Phi) is 5.35. The number of amides is 1. The number of piperazine rings is 1. The molecule has 5 nitrogen and oxygen atoms in total. The first-order valence-electron chi connectivity index (χ1n) is 9.29. The van der Waals surface area contributed by atoms with E-state index in [0.717, 1.165) is 19.4 Å². The lowest BCUT2D eigenvalue weighted by Gasteiger charge is -2.47. The second-order valence-electron chi connectivity index (χ2n) is 8.17. The summed E-state index contributed by atoms with van der Waals surface area (Å²) in [5.41, 5.74) is 0.800. The van der Waals surface area contributed by atoms with Crippen LogP contribution in [0.25, 0.3) is 0 Å². The highest BCUT2D eigenvalue weighted by molar-refractivity contribution is 5.69. The average Bonchev–Trinajstić information content (AvgIpc) is 2.82. The summed E-state index contributed by atoms with van der Waals surface area (Å²) in [5, 5.41) is 9.56. The fraction of sp³-hybridized carbons (Fsp3) is 0.650. The first-order chi connectivity index (χ1) is 11.9. The van der Waals surface area contributed by atoms with Crippen molar-refractivity contribution < 1.29 is 14.6 Å². The van der Waals surface area contributed by atoms with Crippen molar-refractivity contribution in [3.8, 4) is 0 Å². The summed E-state index contributed by atoms with van der Waals surface area (Å²) in [6, 6.07) is 11.2. The molecule has 0 aromatic heterocycles.